The first-order valence-electron chi connectivity index (χ1n) is 3.95. The van der Waals surface area contributed by atoms with Gasteiger partial charge in [0.25, 0.3) is 0 Å². The van der Waals surface area contributed by atoms with E-state index in [4.69, 9.17) is 10.2 Å². The molecule has 0 atom stereocenters. The zero-order chi connectivity index (χ0) is 11.7. The van der Waals surface area contributed by atoms with E-state index in [-0.39, 0.29) is 0 Å². The number of carbonyl (C=O) groups is 2. The first kappa shape index (κ1) is 12.7. The summed E-state index contributed by atoms with van der Waals surface area (Å²) < 4.78 is 1.89. The Morgan fingerprint density at radius 1 is 1.07 bits per heavy atom. The number of carboxylic acids is 2. The molecule has 0 unspecified atom stereocenters. The van der Waals surface area contributed by atoms with E-state index in [0.29, 0.717) is 12.2 Å². The van der Waals surface area contributed by atoms with Crippen molar-refractivity contribution in [3.8, 4) is 0 Å². The molecule has 5 heteroatoms. The second-order valence-electron chi connectivity index (χ2n) is 2.32. The summed E-state index contributed by atoms with van der Waals surface area (Å²) >= 11 is 0. The van der Waals surface area contributed by atoms with Crippen LogP contribution >= 0.6 is 0 Å². The Hall–Kier alpha value is -2.30. The normalized spacial score (nSPS) is 9.07. The maximum Gasteiger partial charge on any atom is 0.328 e. The molecular formula is C10H11NO4. The summed E-state index contributed by atoms with van der Waals surface area (Å²) in [6, 6.07) is 3.92. The molecule has 0 saturated carbocycles. The maximum atomic E-state index is 9.55. The molecule has 1 aromatic rings. The standard InChI is InChI=1S/C6H7N.C4H4O4/c1-2-7-5-3-4-6-7;5-3(6)1-2-4(7)8/h2-6H,1H2;1-2H,(H,5,6)(H,7,8). The first-order valence-corrected chi connectivity index (χ1v) is 3.95. The minimum atomic E-state index is -1.26. The lowest BCUT2D eigenvalue weighted by Crippen LogP contribution is -1.91. The minimum Gasteiger partial charge on any atom is -0.478 e. The van der Waals surface area contributed by atoms with Crippen LogP contribution < -0.4 is 0 Å². The second kappa shape index (κ2) is 7.14. The van der Waals surface area contributed by atoms with Gasteiger partial charge < -0.3 is 14.8 Å². The number of hydrogen-bond donors (Lipinski definition) is 2. The third-order valence-electron chi connectivity index (χ3n) is 1.21. The fraction of sp³-hybridized carbons (Fsp3) is 0. The predicted molar refractivity (Wildman–Crippen MR) is 55.2 cm³/mol. The average molecular weight is 209 g/mol. The van der Waals surface area contributed by atoms with E-state index in [1.807, 2.05) is 29.1 Å². The summed E-state index contributed by atoms with van der Waals surface area (Å²) in [5.74, 6) is -2.51. The van der Waals surface area contributed by atoms with Gasteiger partial charge in [-0.15, -0.1) is 0 Å². The van der Waals surface area contributed by atoms with Gasteiger partial charge in [-0.05, 0) is 12.1 Å². The van der Waals surface area contributed by atoms with Crippen LogP contribution in [0.4, 0.5) is 0 Å². The number of aliphatic carboxylic acids is 2. The maximum absolute atomic E-state index is 9.55. The first-order chi connectivity index (χ1) is 7.06. The van der Waals surface area contributed by atoms with Gasteiger partial charge in [0.05, 0.1) is 0 Å². The fourth-order valence-corrected chi connectivity index (χ4v) is 0.612. The zero-order valence-electron chi connectivity index (χ0n) is 7.91. The SMILES string of the molecule is C=Cn1cccc1.O=C(O)C=CC(=O)O. The Morgan fingerprint density at radius 2 is 1.47 bits per heavy atom. The summed E-state index contributed by atoms with van der Waals surface area (Å²) in [6.07, 6.45) is 6.74. The summed E-state index contributed by atoms with van der Waals surface area (Å²) in [6.45, 7) is 3.57. The molecule has 0 amide bonds. The molecule has 0 aliphatic heterocycles. The van der Waals surface area contributed by atoms with E-state index >= 15 is 0 Å². The predicted octanol–water partition coefficient (Wildman–Crippen LogP) is 1.30. The third kappa shape index (κ3) is 8.04. The average Bonchev–Trinajstić information content (AvgIpc) is 2.68. The summed E-state index contributed by atoms with van der Waals surface area (Å²) in [7, 11) is 0. The van der Waals surface area contributed by atoms with Crippen molar-refractivity contribution in [1.82, 2.24) is 4.57 Å². The van der Waals surface area contributed by atoms with Crippen molar-refractivity contribution in [3.05, 3.63) is 43.3 Å². The number of carboxylic acid groups (broad SMARTS) is 2. The number of nitrogens with zero attached hydrogens (tertiary/aromatic N) is 1. The van der Waals surface area contributed by atoms with E-state index in [2.05, 4.69) is 6.58 Å². The van der Waals surface area contributed by atoms with E-state index in [9.17, 15) is 9.59 Å². The molecule has 0 aliphatic carbocycles. The highest BCUT2D eigenvalue weighted by Gasteiger charge is 1.88. The molecule has 0 saturated heterocycles. The van der Waals surface area contributed by atoms with Crippen LogP contribution in [0.25, 0.3) is 6.20 Å². The summed E-state index contributed by atoms with van der Waals surface area (Å²) in [4.78, 5) is 19.1. The summed E-state index contributed by atoms with van der Waals surface area (Å²) in [5, 5.41) is 15.6. The molecule has 0 bridgehead atoms. The highest BCUT2D eigenvalue weighted by Crippen LogP contribution is 1.86. The van der Waals surface area contributed by atoms with Gasteiger partial charge in [0.2, 0.25) is 0 Å². The molecule has 2 N–H and O–H groups in total. The molecule has 0 fully saturated rings. The molecule has 1 aromatic heterocycles. The van der Waals surface area contributed by atoms with Gasteiger partial charge in [0, 0.05) is 30.7 Å². The Bertz CT molecular complexity index is 336. The van der Waals surface area contributed by atoms with Crippen LogP contribution in [0.15, 0.2) is 43.3 Å². The quantitative estimate of drug-likeness (QED) is 0.735. The van der Waals surface area contributed by atoms with Gasteiger partial charge in [-0.25, -0.2) is 9.59 Å². The van der Waals surface area contributed by atoms with E-state index in [1.165, 1.54) is 0 Å². The summed E-state index contributed by atoms with van der Waals surface area (Å²) in [5.41, 5.74) is 0. The molecule has 1 rings (SSSR count). The molecule has 5 nitrogen and oxygen atoms in total. The van der Waals surface area contributed by atoms with E-state index in [1.54, 1.807) is 6.20 Å². The van der Waals surface area contributed by atoms with Gasteiger partial charge >= 0.3 is 11.9 Å². The van der Waals surface area contributed by atoms with Crippen molar-refractivity contribution in [3.63, 3.8) is 0 Å². The number of aromatic nitrogens is 1. The Balaban J connectivity index is 0.000000262. The molecule has 15 heavy (non-hydrogen) atoms. The molecule has 1 heterocycles. The number of hydrogen-bond acceptors (Lipinski definition) is 2. The third-order valence-corrected chi connectivity index (χ3v) is 1.21. The Morgan fingerprint density at radius 3 is 1.67 bits per heavy atom. The van der Waals surface area contributed by atoms with Gasteiger partial charge in [-0.3, -0.25) is 0 Å². The second-order valence-corrected chi connectivity index (χ2v) is 2.32. The largest absolute Gasteiger partial charge is 0.478 e. The molecule has 80 valence electrons. The Kier molecular flexibility index (Phi) is 6.04. The lowest BCUT2D eigenvalue weighted by atomic mass is 10.5. The monoisotopic (exact) mass is 209 g/mol. The minimum absolute atomic E-state index is 0.558. The molecule has 0 aromatic carbocycles. The smallest absolute Gasteiger partial charge is 0.328 e. The molecule has 0 spiro atoms. The van der Waals surface area contributed by atoms with Gasteiger partial charge in [0.1, 0.15) is 0 Å². The molecular weight excluding hydrogens is 198 g/mol. The van der Waals surface area contributed by atoms with Crippen molar-refractivity contribution < 1.29 is 19.8 Å². The van der Waals surface area contributed by atoms with Gasteiger partial charge in [0.15, 0.2) is 0 Å². The molecule has 0 radical (unpaired) electrons. The lowest BCUT2D eigenvalue weighted by molar-refractivity contribution is -0.134. The fourth-order valence-electron chi connectivity index (χ4n) is 0.612. The van der Waals surface area contributed by atoms with Crippen molar-refractivity contribution in [1.29, 1.82) is 0 Å². The van der Waals surface area contributed by atoms with E-state index in [0.717, 1.165) is 0 Å². The van der Waals surface area contributed by atoms with Crippen LogP contribution in [0, 0.1) is 0 Å². The topological polar surface area (TPSA) is 79.5 Å². The van der Waals surface area contributed by atoms with Crippen LogP contribution in [0.5, 0.6) is 0 Å². The van der Waals surface area contributed by atoms with Crippen molar-refractivity contribution in [2.45, 2.75) is 0 Å². The molecule has 0 aliphatic rings. The van der Waals surface area contributed by atoms with Crippen LogP contribution in [-0.2, 0) is 9.59 Å². The lowest BCUT2D eigenvalue weighted by Gasteiger charge is -1.82. The van der Waals surface area contributed by atoms with Crippen molar-refractivity contribution in [2.75, 3.05) is 0 Å². The van der Waals surface area contributed by atoms with Gasteiger partial charge in [-0.1, -0.05) is 6.58 Å². The Labute approximate surface area is 86.6 Å². The van der Waals surface area contributed by atoms with Crippen LogP contribution in [0.2, 0.25) is 0 Å². The highest BCUT2D eigenvalue weighted by molar-refractivity contribution is 5.89. The van der Waals surface area contributed by atoms with Crippen molar-refractivity contribution in [2.24, 2.45) is 0 Å². The number of rotatable bonds is 3. The van der Waals surface area contributed by atoms with Crippen LogP contribution in [0.3, 0.4) is 0 Å². The van der Waals surface area contributed by atoms with E-state index < -0.39 is 11.9 Å². The zero-order valence-corrected chi connectivity index (χ0v) is 7.91. The van der Waals surface area contributed by atoms with Crippen LogP contribution in [0.1, 0.15) is 0 Å². The highest BCUT2D eigenvalue weighted by atomic mass is 16.4. The van der Waals surface area contributed by atoms with Crippen molar-refractivity contribution >= 4 is 18.1 Å². The van der Waals surface area contributed by atoms with Gasteiger partial charge in [-0.2, -0.15) is 0 Å². The van der Waals surface area contributed by atoms with Crippen LogP contribution in [-0.4, -0.2) is 26.7 Å².